The molecule has 0 N–H and O–H groups in total. The van der Waals surface area contributed by atoms with Crippen LogP contribution in [0.4, 0.5) is 0 Å². The minimum Gasteiger partial charge on any atom is -0.497 e. The number of aryl methyl sites for hydroxylation is 1. The Hall–Kier alpha value is -2.86. The molecule has 0 bridgehead atoms. The molecule has 0 fully saturated rings. The van der Waals surface area contributed by atoms with E-state index in [1.165, 1.54) is 5.56 Å². The molecule has 1 aromatic heterocycles. The van der Waals surface area contributed by atoms with Gasteiger partial charge in [0.05, 0.1) is 25.6 Å². The normalized spacial score (nSPS) is 12.3. The first-order valence-corrected chi connectivity index (χ1v) is 10.0. The van der Waals surface area contributed by atoms with Crippen molar-refractivity contribution < 1.29 is 9.47 Å². The largest absolute Gasteiger partial charge is 0.497 e. The molecular weight excluding hydrogens is 370 g/mol. The van der Waals surface area contributed by atoms with Crippen molar-refractivity contribution in [2.45, 2.75) is 20.8 Å². The van der Waals surface area contributed by atoms with E-state index in [9.17, 15) is 0 Å². The Balaban J connectivity index is 2.16. The van der Waals surface area contributed by atoms with Gasteiger partial charge in [0.15, 0.2) is 0 Å². The van der Waals surface area contributed by atoms with Crippen molar-refractivity contribution in [3.63, 3.8) is 0 Å². The molecule has 0 atom stereocenters. The Labute approximate surface area is 169 Å². The summed E-state index contributed by atoms with van der Waals surface area (Å²) in [5.41, 5.74) is 5.11. The van der Waals surface area contributed by atoms with Gasteiger partial charge in [-0.1, -0.05) is 29.8 Å². The molecule has 0 aliphatic heterocycles. The summed E-state index contributed by atoms with van der Waals surface area (Å²) in [6.45, 7) is 6.81. The smallest absolute Gasteiger partial charge is 0.206 e. The second-order valence-electron chi connectivity index (χ2n) is 6.31. The van der Waals surface area contributed by atoms with Crippen LogP contribution in [0.2, 0.25) is 0 Å². The summed E-state index contributed by atoms with van der Waals surface area (Å²) in [5, 5.41) is 6.96. The third kappa shape index (κ3) is 4.17. The fraction of sp³-hybridized carbons (Fsp3) is 0.273. The number of ether oxygens (including phenoxy) is 2. The fourth-order valence-corrected chi connectivity index (χ4v) is 3.72. The highest BCUT2D eigenvalue weighted by Crippen LogP contribution is 2.33. The molecule has 0 radical (unpaired) electrons. The first-order valence-electron chi connectivity index (χ1n) is 9.13. The fourth-order valence-electron chi connectivity index (χ4n) is 2.84. The standard InChI is InChI=1S/C22H25N3O2S/c1-6-23-22-25(24-16(3)17-9-7-15(2)8-10-17)20(14-28-22)19-12-11-18(26-4)13-21(19)27-5/h7-14H,6H2,1-5H3. The quantitative estimate of drug-likeness (QED) is 0.566. The number of benzene rings is 2. The van der Waals surface area contributed by atoms with Crippen LogP contribution in [-0.4, -0.2) is 31.2 Å². The highest BCUT2D eigenvalue weighted by atomic mass is 32.1. The SMILES string of the molecule is CCN=c1scc(-c2ccc(OC)cc2OC)n1N=C(C)c1ccc(C)cc1. The Morgan fingerprint density at radius 1 is 1.07 bits per heavy atom. The average Bonchev–Trinajstić information content (AvgIpc) is 3.10. The lowest BCUT2D eigenvalue weighted by Gasteiger charge is -2.11. The van der Waals surface area contributed by atoms with Crippen LogP contribution in [0.25, 0.3) is 11.3 Å². The topological polar surface area (TPSA) is 48.1 Å². The Morgan fingerprint density at radius 3 is 2.46 bits per heavy atom. The summed E-state index contributed by atoms with van der Waals surface area (Å²) in [5.74, 6) is 1.48. The maximum atomic E-state index is 5.60. The summed E-state index contributed by atoms with van der Waals surface area (Å²) in [7, 11) is 3.31. The molecule has 0 saturated heterocycles. The van der Waals surface area contributed by atoms with Crippen molar-refractivity contribution in [3.8, 4) is 22.8 Å². The monoisotopic (exact) mass is 395 g/mol. The van der Waals surface area contributed by atoms with Gasteiger partial charge in [0.25, 0.3) is 0 Å². The second-order valence-corrected chi connectivity index (χ2v) is 7.14. The summed E-state index contributed by atoms with van der Waals surface area (Å²) >= 11 is 1.57. The minimum atomic E-state index is 0.693. The van der Waals surface area contributed by atoms with E-state index in [2.05, 4.69) is 41.6 Å². The summed E-state index contributed by atoms with van der Waals surface area (Å²) in [6, 6.07) is 14.2. The molecule has 5 nitrogen and oxygen atoms in total. The van der Waals surface area contributed by atoms with Crippen molar-refractivity contribution in [2.75, 3.05) is 20.8 Å². The first kappa shape index (κ1) is 19.9. The van der Waals surface area contributed by atoms with E-state index in [1.54, 1.807) is 25.6 Å². The molecule has 3 aromatic rings. The van der Waals surface area contributed by atoms with E-state index in [0.29, 0.717) is 6.54 Å². The van der Waals surface area contributed by atoms with Gasteiger partial charge in [0, 0.05) is 23.6 Å². The van der Waals surface area contributed by atoms with Crippen LogP contribution in [0.15, 0.2) is 57.9 Å². The van der Waals surface area contributed by atoms with E-state index in [-0.39, 0.29) is 0 Å². The van der Waals surface area contributed by atoms with E-state index >= 15 is 0 Å². The van der Waals surface area contributed by atoms with Crippen molar-refractivity contribution in [1.29, 1.82) is 0 Å². The molecule has 0 unspecified atom stereocenters. The third-order valence-electron chi connectivity index (χ3n) is 4.38. The predicted molar refractivity (Wildman–Crippen MR) is 116 cm³/mol. The van der Waals surface area contributed by atoms with Crippen LogP contribution < -0.4 is 14.3 Å². The summed E-state index contributed by atoms with van der Waals surface area (Å²) in [6.07, 6.45) is 0. The molecule has 0 aliphatic carbocycles. The van der Waals surface area contributed by atoms with Crippen molar-refractivity contribution in [3.05, 3.63) is 63.8 Å². The molecule has 28 heavy (non-hydrogen) atoms. The lowest BCUT2D eigenvalue weighted by Crippen LogP contribution is -2.14. The summed E-state index contributed by atoms with van der Waals surface area (Å²) < 4.78 is 12.8. The van der Waals surface area contributed by atoms with Crippen molar-refractivity contribution >= 4 is 17.0 Å². The van der Waals surface area contributed by atoms with Gasteiger partial charge in [-0.2, -0.15) is 5.10 Å². The Kier molecular flexibility index (Phi) is 6.31. The molecule has 0 aliphatic rings. The van der Waals surface area contributed by atoms with Gasteiger partial charge in [0.2, 0.25) is 4.80 Å². The molecule has 0 spiro atoms. The van der Waals surface area contributed by atoms with Crippen molar-refractivity contribution in [1.82, 2.24) is 4.68 Å². The zero-order chi connectivity index (χ0) is 20.1. The van der Waals surface area contributed by atoms with Crippen LogP contribution in [-0.2, 0) is 0 Å². The van der Waals surface area contributed by atoms with Crippen molar-refractivity contribution in [2.24, 2.45) is 10.1 Å². The predicted octanol–water partition coefficient (Wildman–Crippen LogP) is 4.74. The van der Waals surface area contributed by atoms with Gasteiger partial charge >= 0.3 is 0 Å². The third-order valence-corrected chi connectivity index (χ3v) is 5.24. The van der Waals surface area contributed by atoms with E-state index < -0.39 is 0 Å². The zero-order valence-corrected chi connectivity index (χ0v) is 17.7. The number of aromatic nitrogens is 1. The van der Waals surface area contributed by atoms with Crippen LogP contribution in [0.1, 0.15) is 25.0 Å². The maximum Gasteiger partial charge on any atom is 0.206 e. The zero-order valence-electron chi connectivity index (χ0n) is 16.9. The van der Waals surface area contributed by atoms with Crippen LogP contribution in [0.3, 0.4) is 0 Å². The molecule has 0 amide bonds. The molecular formula is C22H25N3O2S. The number of thiazole rings is 1. The molecule has 3 rings (SSSR count). The molecule has 146 valence electrons. The summed E-state index contributed by atoms with van der Waals surface area (Å²) in [4.78, 5) is 5.46. The number of hydrogen-bond donors (Lipinski definition) is 0. The Bertz CT molecular complexity index is 1050. The first-order chi connectivity index (χ1) is 13.6. The van der Waals surface area contributed by atoms with E-state index in [4.69, 9.17) is 14.6 Å². The number of hydrogen-bond acceptors (Lipinski definition) is 5. The Morgan fingerprint density at radius 2 is 1.82 bits per heavy atom. The van der Waals surface area contributed by atoms with Crippen LogP contribution >= 0.6 is 11.3 Å². The van der Waals surface area contributed by atoms with Gasteiger partial charge in [0.1, 0.15) is 11.5 Å². The van der Waals surface area contributed by atoms with Crippen LogP contribution in [0, 0.1) is 6.92 Å². The van der Waals surface area contributed by atoms with Gasteiger partial charge in [-0.15, -0.1) is 11.3 Å². The average molecular weight is 396 g/mol. The number of nitrogens with zero attached hydrogens (tertiary/aromatic N) is 3. The molecule has 6 heteroatoms. The molecule has 2 aromatic carbocycles. The molecule has 0 saturated carbocycles. The number of rotatable bonds is 6. The van der Waals surface area contributed by atoms with Gasteiger partial charge in [-0.05, 0) is 38.5 Å². The lowest BCUT2D eigenvalue weighted by molar-refractivity contribution is 0.395. The number of methoxy groups -OCH3 is 2. The highest BCUT2D eigenvalue weighted by Gasteiger charge is 2.14. The second kappa shape index (κ2) is 8.89. The van der Waals surface area contributed by atoms with Gasteiger partial charge in [-0.3, -0.25) is 4.99 Å². The minimum absolute atomic E-state index is 0.693. The molecule has 1 heterocycles. The highest BCUT2D eigenvalue weighted by molar-refractivity contribution is 7.07. The van der Waals surface area contributed by atoms with Gasteiger partial charge < -0.3 is 9.47 Å². The lowest BCUT2D eigenvalue weighted by atomic mass is 10.1. The van der Waals surface area contributed by atoms with Gasteiger partial charge in [-0.25, -0.2) is 4.68 Å². The van der Waals surface area contributed by atoms with E-state index in [0.717, 1.165) is 38.8 Å². The van der Waals surface area contributed by atoms with E-state index in [1.807, 2.05) is 36.7 Å². The maximum absolute atomic E-state index is 5.60. The van der Waals surface area contributed by atoms with Crippen LogP contribution in [0.5, 0.6) is 11.5 Å².